The van der Waals surface area contributed by atoms with Gasteiger partial charge in [0, 0.05) is 35.9 Å². The second-order valence-electron chi connectivity index (χ2n) is 16.8. The zero-order valence-electron chi connectivity index (χ0n) is 33.3. The normalized spacial score (nSPS) is 28.8. The van der Waals surface area contributed by atoms with Crippen molar-refractivity contribution in [1.82, 2.24) is 14.8 Å². The molecule has 0 spiro atoms. The molecule has 1 N–H and O–H groups in total. The topological polar surface area (TPSA) is 44.9 Å². The van der Waals surface area contributed by atoms with E-state index in [-0.39, 0.29) is 24.2 Å². The Kier molecular flexibility index (Phi) is 9.50. The first-order valence-corrected chi connectivity index (χ1v) is 21.2. The van der Waals surface area contributed by atoms with E-state index >= 15 is 0 Å². The van der Waals surface area contributed by atoms with Crippen molar-refractivity contribution in [3.8, 4) is 0 Å². The average molecular weight is 748 g/mol. The monoisotopic (exact) mass is 747 g/mol. The molecule has 2 aliphatic heterocycles. The van der Waals surface area contributed by atoms with E-state index in [1.54, 1.807) is 0 Å². The van der Waals surface area contributed by atoms with Gasteiger partial charge in [0.25, 0.3) is 0 Å². The van der Waals surface area contributed by atoms with Crippen molar-refractivity contribution in [3.63, 3.8) is 0 Å². The summed E-state index contributed by atoms with van der Waals surface area (Å²) in [5.74, 6) is 1.75. The molecule has 6 unspecified atom stereocenters. The van der Waals surface area contributed by atoms with Crippen molar-refractivity contribution in [3.05, 3.63) is 179 Å². The van der Waals surface area contributed by atoms with Crippen molar-refractivity contribution < 1.29 is 0 Å². The van der Waals surface area contributed by atoms with E-state index in [4.69, 9.17) is 9.98 Å². The Bertz CT molecular complexity index is 2460. The third-order valence-electron chi connectivity index (χ3n) is 13.3. The molecule has 286 valence electrons. The van der Waals surface area contributed by atoms with E-state index in [9.17, 15) is 0 Å². The van der Waals surface area contributed by atoms with Gasteiger partial charge >= 0.3 is 0 Å². The number of aromatic nitrogens is 1. The molecule has 0 fully saturated rings. The number of allylic oxidation sites excluding steroid dienone is 15. The molecule has 5 nitrogen and oxygen atoms in total. The third kappa shape index (κ3) is 6.56. The lowest BCUT2D eigenvalue weighted by Crippen LogP contribution is -2.63. The van der Waals surface area contributed by atoms with E-state index in [1.165, 1.54) is 61.1 Å². The molecule has 3 heterocycles. The number of nitrogens with one attached hydrogen (secondary N) is 1. The Balaban J connectivity index is 1.15. The van der Waals surface area contributed by atoms with Crippen LogP contribution in [-0.2, 0) is 5.66 Å². The van der Waals surface area contributed by atoms with Gasteiger partial charge in [-0.25, -0.2) is 4.99 Å². The van der Waals surface area contributed by atoms with Crippen LogP contribution in [0.1, 0.15) is 70.0 Å². The molecule has 6 atom stereocenters. The number of hydrogen-bond donors (Lipinski definition) is 1. The summed E-state index contributed by atoms with van der Waals surface area (Å²) in [5.41, 5.74) is 10.2. The standard InChI is InChI=1S/C52H53N5/c1-52(41-25-13-6-14-26-41)54-49(38-23-11-5-12-24-38)56(2)51(55-52)46-34-40(35-53-50(46)57-47-29-17-15-27-43(47)44-28-16-18-30-48(44)57)45-33-39(36-19-7-3-8-20-36)31-32-42(45)37-21-9-4-10-22-37/h3-7,9,11,13-19,21,25-32,34-35,38,45-46,50-51,55H,8,10,12,20,22-24,33H2,1-2H3. The zero-order valence-corrected chi connectivity index (χ0v) is 33.3. The Morgan fingerprint density at radius 1 is 0.719 bits per heavy atom. The van der Waals surface area contributed by atoms with E-state index in [2.05, 4.69) is 181 Å². The van der Waals surface area contributed by atoms with Gasteiger partial charge in [0.1, 0.15) is 17.7 Å². The summed E-state index contributed by atoms with van der Waals surface area (Å²) >= 11 is 0. The lowest BCUT2D eigenvalue weighted by atomic mass is 9.73. The van der Waals surface area contributed by atoms with Crippen LogP contribution in [0, 0.1) is 17.8 Å². The van der Waals surface area contributed by atoms with Crippen LogP contribution in [0.4, 0.5) is 0 Å². The number of dihydropyridines is 1. The predicted octanol–water partition coefficient (Wildman–Crippen LogP) is 11.8. The van der Waals surface area contributed by atoms with Crippen molar-refractivity contribution in [1.29, 1.82) is 0 Å². The van der Waals surface area contributed by atoms with Crippen LogP contribution in [0.5, 0.6) is 0 Å². The van der Waals surface area contributed by atoms with Crippen LogP contribution < -0.4 is 5.32 Å². The molecule has 0 bridgehead atoms. The van der Waals surface area contributed by atoms with E-state index in [1.807, 2.05) is 0 Å². The minimum atomic E-state index is -0.610. The maximum atomic E-state index is 5.74. The molecular weight excluding hydrogens is 695 g/mol. The number of aliphatic imine (C=N–C) groups is 2. The highest BCUT2D eigenvalue weighted by Gasteiger charge is 2.45. The molecule has 5 heteroatoms. The Labute approximate surface area is 337 Å². The lowest BCUT2D eigenvalue weighted by molar-refractivity contribution is 0.123. The number of nitrogens with zero attached hydrogens (tertiary/aromatic N) is 4. The highest BCUT2D eigenvalue weighted by atomic mass is 15.4. The number of hydrogen-bond acceptors (Lipinski definition) is 4. The van der Waals surface area contributed by atoms with Gasteiger partial charge in [0.05, 0.1) is 23.1 Å². The summed E-state index contributed by atoms with van der Waals surface area (Å²) in [4.78, 5) is 13.9. The van der Waals surface area contributed by atoms with Crippen LogP contribution >= 0.6 is 0 Å². The maximum absolute atomic E-state index is 5.74. The van der Waals surface area contributed by atoms with E-state index in [0.29, 0.717) is 5.92 Å². The van der Waals surface area contributed by atoms with Gasteiger partial charge in [-0.1, -0.05) is 134 Å². The molecule has 57 heavy (non-hydrogen) atoms. The van der Waals surface area contributed by atoms with Gasteiger partial charge in [-0.05, 0) is 104 Å². The first-order valence-electron chi connectivity index (χ1n) is 21.2. The molecule has 10 rings (SSSR count). The first kappa shape index (κ1) is 35.9. The Morgan fingerprint density at radius 3 is 2.11 bits per heavy atom. The fraction of sp³-hybridized carbons (Fsp3) is 0.308. The second kappa shape index (κ2) is 15.1. The highest BCUT2D eigenvalue weighted by Crippen LogP contribution is 2.46. The molecule has 0 saturated heterocycles. The fourth-order valence-electron chi connectivity index (χ4n) is 10.4. The average Bonchev–Trinajstić information content (AvgIpc) is 3.62. The van der Waals surface area contributed by atoms with Crippen molar-refractivity contribution >= 4 is 33.9 Å². The summed E-state index contributed by atoms with van der Waals surface area (Å²) in [6.07, 6.45) is 36.5. The number of benzene rings is 3. The molecule has 4 aromatic rings. The van der Waals surface area contributed by atoms with Gasteiger partial charge < -0.3 is 9.47 Å². The number of rotatable bonds is 7. The molecule has 3 aromatic carbocycles. The summed E-state index contributed by atoms with van der Waals surface area (Å²) in [5, 5.41) is 6.75. The first-order chi connectivity index (χ1) is 28.1. The summed E-state index contributed by atoms with van der Waals surface area (Å²) in [6.45, 7) is 2.28. The molecular formula is C52H53N5. The molecule has 0 amide bonds. The van der Waals surface area contributed by atoms with E-state index in [0.717, 1.165) is 51.4 Å². The highest BCUT2D eigenvalue weighted by molar-refractivity contribution is 6.08. The smallest absolute Gasteiger partial charge is 0.137 e. The van der Waals surface area contributed by atoms with Crippen LogP contribution in [0.3, 0.4) is 0 Å². The summed E-state index contributed by atoms with van der Waals surface area (Å²) < 4.78 is 2.53. The lowest BCUT2D eigenvalue weighted by Gasteiger charge is -2.49. The van der Waals surface area contributed by atoms with Crippen molar-refractivity contribution in [2.24, 2.45) is 27.7 Å². The Hall–Kier alpha value is -5.52. The fourth-order valence-corrected chi connectivity index (χ4v) is 10.4. The number of para-hydroxylation sites is 2. The largest absolute Gasteiger partial charge is 0.347 e. The van der Waals surface area contributed by atoms with Crippen LogP contribution in [-0.4, -0.2) is 34.7 Å². The SMILES string of the molecule is CN1C(C2CC=CCC2)=NC(C)(c2ccccc2)NC1C1C=C(C2CC(C3=CC=CCC3)=CC=C2C2=CC=CCC2)C=NC1n1c2ccccc2c2ccccc21. The third-order valence-corrected chi connectivity index (χ3v) is 13.3. The zero-order chi connectivity index (χ0) is 38.3. The molecule has 1 aromatic heterocycles. The Morgan fingerprint density at radius 2 is 1.42 bits per heavy atom. The number of amidine groups is 1. The van der Waals surface area contributed by atoms with Gasteiger partial charge in [-0.2, -0.15) is 0 Å². The number of fused-ring (bicyclic) bond motifs is 3. The molecule has 4 aliphatic carbocycles. The van der Waals surface area contributed by atoms with Crippen LogP contribution in [0.15, 0.2) is 184 Å². The second-order valence-corrected chi connectivity index (χ2v) is 16.8. The quantitative estimate of drug-likeness (QED) is 0.191. The van der Waals surface area contributed by atoms with Crippen molar-refractivity contribution in [2.75, 3.05) is 7.05 Å². The van der Waals surface area contributed by atoms with Crippen LogP contribution in [0.25, 0.3) is 21.8 Å². The molecule has 0 radical (unpaired) electrons. The molecule has 6 aliphatic rings. The summed E-state index contributed by atoms with van der Waals surface area (Å²) in [7, 11) is 2.28. The van der Waals surface area contributed by atoms with Crippen molar-refractivity contribution in [2.45, 2.75) is 76.3 Å². The maximum Gasteiger partial charge on any atom is 0.137 e. The van der Waals surface area contributed by atoms with Gasteiger partial charge in [-0.3, -0.25) is 10.3 Å². The van der Waals surface area contributed by atoms with Gasteiger partial charge in [0.2, 0.25) is 0 Å². The van der Waals surface area contributed by atoms with Gasteiger partial charge in [0.15, 0.2) is 0 Å². The minimum absolute atomic E-state index is 0.0189. The van der Waals surface area contributed by atoms with E-state index < -0.39 is 5.66 Å². The molecule has 0 saturated carbocycles. The predicted molar refractivity (Wildman–Crippen MR) is 238 cm³/mol. The summed E-state index contributed by atoms with van der Waals surface area (Å²) in [6, 6.07) is 28.6. The minimum Gasteiger partial charge on any atom is -0.347 e. The van der Waals surface area contributed by atoms with Gasteiger partial charge in [-0.15, -0.1) is 0 Å². The van der Waals surface area contributed by atoms with Crippen LogP contribution in [0.2, 0.25) is 0 Å².